The molecule has 136 valence electrons. The normalized spacial score (nSPS) is 12.0. The van der Waals surface area contributed by atoms with Crippen molar-refractivity contribution in [2.75, 3.05) is 16.6 Å². The molecule has 0 atom stereocenters. The molecule has 0 unspecified atom stereocenters. The van der Waals surface area contributed by atoms with Gasteiger partial charge in [-0.25, -0.2) is 8.42 Å². The van der Waals surface area contributed by atoms with E-state index < -0.39 is 10.0 Å². The van der Waals surface area contributed by atoms with Crippen LogP contribution in [0.4, 0.5) is 11.4 Å². The number of unbranched alkanes of at least 4 members (excludes halogenated alkanes) is 1. The Labute approximate surface area is 151 Å². The SMILES string of the molecule is CCCCNc1ccc(NS(=O)(=O)c2ccc(C(C)(C)C)cc2)cc1. The molecular weight excluding hydrogens is 332 g/mol. The molecule has 0 bridgehead atoms. The second-order valence-corrected chi connectivity index (χ2v) is 8.92. The van der Waals surface area contributed by atoms with Crippen LogP contribution in [0.2, 0.25) is 0 Å². The van der Waals surface area contributed by atoms with Gasteiger partial charge in [-0.15, -0.1) is 0 Å². The molecule has 0 heterocycles. The molecule has 0 aliphatic rings. The Morgan fingerprint density at radius 1 is 0.880 bits per heavy atom. The average Bonchev–Trinajstić information content (AvgIpc) is 2.56. The quantitative estimate of drug-likeness (QED) is 0.683. The summed E-state index contributed by atoms with van der Waals surface area (Å²) in [5, 5.41) is 3.31. The highest BCUT2D eigenvalue weighted by Crippen LogP contribution is 2.24. The van der Waals surface area contributed by atoms with Crippen molar-refractivity contribution in [1.29, 1.82) is 0 Å². The molecule has 2 rings (SSSR count). The second kappa shape index (κ2) is 7.91. The zero-order valence-electron chi connectivity index (χ0n) is 15.5. The first kappa shape index (κ1) is 19.3. The number of benzene rings is 2. The van der Waals surface area contributed by atoms with Crippen molar-refractivity contribution >= 4 is 21.4 Å². The predicted octanol–water partition coefficient (Wildman–Crippen LogP) is 5.00. The lowest BCUT2D eigenvalue weighted by Gasteiger charge is -2.19. The monoisotopic (exact) mass is 360 g/mol. The maximum atomic E-state index is 12.5. The standard InChI is InChI=1S/C20H28N2O2S/c1-5-6-15-21-17-9-11-18(12-10-17)22-25(23,24)19-13-7-16(8-14-19)20(2,3)4/h7-14,21-22H,5-6,15H2,1-4H3. The molecule has 2 aromatic rings. The minimum absolute atomic E-state index is 0.00364. The summed E-state index contributed by atoms with van der Waals surface area (Å²) in [6.45, 7) is 9.37. The Balaban J connectivity index is 2.08. The Hall–Kier alpha value is -2.01. The predicted molar refractivity (Wildman–Crippen MR) is 106 cm³/mol. The van der Waals surface area contributed by atoms with Crippen LogP contribution in [0.25, 0.3) is 0 Å². The fourth-order valence-electron chi connectivity index (χ4n) is 2.41. The number of nitrogens with one attached hydrogen (secondary N) is 2. The number of rotatable bonds is 7. The minimum Gasteiger partial charge on any atom is -0.385 e. The van der Waals surface area contributed by atoms with Gasteiger partial charge in [0.2, 0.25) is 0 Å². The summed E-state index contributed by atoms with van der Waals surface area (Å²) >= 11 is 0. The van der Waals surface area contributed by atoms with Crippen molar-refractivity contribution in [2.24, 2.45) is 0 Å². The summed E-state index contributed by atoms with van der Waals surface area (Å²) in [7, 11) is -3.58. The van der Waals surface area contributed by atoms with Gasteiger partial charge in [0, 0.05) is 17.9 Å². The molecule has 2 N–H and O–H groups in total. The van der Waals surface area contributed by atoms with E-state index in [0.717, 1.165) is 30.6 Å². The molecule has 5 heteroatoms. The van der Waals surface area contributed by atoms with Crippen molar-refractivity contribution in [1.82, 2.24) is 0 Å². The molecule has 0 fully saturated rings. The molecule has 0 aliphatic heterocycles. The Morgan fingerprint density at radius 3 is 1.96 bits per heavy atom. The third-order valence-electron chi connectivity index (χ3n) is 4.03. The molecule has 0 aromatic heterocycles. The van der Waals surface area contributed by atoms with Crippen LogP contribution in [0.15, 0.2) is 53.4 Å². The minimum atomic E-state index is -3.58. The fraction of sp³-hybridized carbons (Fsp3) is 0.400. The zero-order chi connectivity index (χ0) is 18.5. The van der Waals surface area contributed by atoms with E-state index in [2.05, 4.69) is 37.7 Å². The van der Waals surface area contributed by atoms with Gasteiger partial charge in [0.1, 0.15) is 0 Å². The van der Waals surface area contributed by atoms with Gasteiger partial charge in [-0.1, -0.05) is 46.2 Å². The third-order valence-corrected chi connectivity index (χ3v) is 5.42. The Bertz CT molecular complexity index is 774. The summed E-state index contributed by atoms with van der Waals surface area (Å²) in [5.74, 6) is 0. The molecule has 0 aliphatic carbocycles. The largest absolute Gasteiger partial charge is 0.385 e. The maximum absolute atomic E-state index is 12.5. The summed E-state index contributed by atoms with van der Waals surface area (Å²) in [6.07, 6.45) is 2.25. The van der Waals surface area contributed by atoms with E-state index in [9.17, 15) is 8.42 Å². The van der Waals surface area contributed by atoms with Gasteiger partial charge in [-0.05, 0) is 53.8 Å². The molecule has 2 aromatic carbocycles. The van der Waals surface area contributed by atoms with Crippen molar-refractivity contribution in [3.05, 3.63) is 54.1 Å². The van der Waals surface area contributed by atoms with Crippen LogP contribution < -0.4 is 10.0 Å². The van der Waals surface area contributed by atoms with Gasteiger partial charge in [0.25, 0.3) is 10.0 Å². The summed E-state index contributed by atoms with van der Waals surface area (Å²) in [5.41, 5.74) is 2.65. The number of hydrogen-bond donors (Lipinski definition) is 2. The van der Waals surface area contributed by atoms with Crippen LogP contribution in [0.1, 0.15) is 46.1 Å². The van der Waals surface area contributed by atoms with Crippen LogP contribution in [0, 0.1) is 0 Å². The van der Waals surface area contributed by atoms with E-state index in [1.54, 1.807) is 24.3 Å². The smallest absolute Gasteiger partial charge is 0.261 e. The Morgan fingerprint density at radius 2 is 1.44 bits per heavy atom. The molecule has 25 heavy (non-hydrogen) atoms. The number of hydrogen-bond acceptors (Lipinski definition) is 3. The first-order chi connectivity index (χ1) is 11.7. The highest BCUT2D eigenvalue weighted by molar-refractivity contribution is 7.92. The fourth-order valence-corrected chi connectivity index (χ4v) is 3.47. The van der Waals surface area contributed by atoms with E-state index in [1.165, 1.54) is 0 Å². The summed E-state index contributed by atoms with van der Waals surface area (Å²) in [4.78, 5) is 0.269. The van der Waals surface area contributed by atoms with Crippen molar-refractivity contribution in [3.8, 4) is 0 Å². The van der Waals surface area contributed by atoms with E-state index in [4.69, 9.17) is 0 Å². The topological polar surface area (TPSA) is 58.2 Å². The van der Waals surface area contributed by atoms with E-state index in [1.807, 2.05) is 24.3 Å². The van der Waals surface area contributed by atoms with Gasteiger partial charge in [-0.3, -0.25) is 4.72 Å². The van der Waals surface area contributed by atoms with Crippen molar-refractivity contribution in [2.45, 2.75) is 50.8 Å². The molecule has 0 saturated heterocycles. The van der Waals surface area contributed by atoms with Crippen LogP contribution in [-0.2, 0) is 15.4 Å². The van der Waals surface area contributed by atoms with Gasteiger partial charge in [-0.2, -0.15) is 0 Å². The van der Waals surface area contributed by atoms with Crippen molar-refractivity contribution in [3.63, 3.8) is 0 Å². The van der Waals surface area contributed by atoms with Gasteiger partial charge in [0.05, 0.1) is 4.90 Å². The van der Waals surface area contributed by atoms with Gasteiger partial charge >= 0.3 is 0 Å². The summed E-state index contributed by atoms with van der Waals surface area (Å²) in [6, 6.07) is 14.4. The van der Waals surface area contributed by atoms with Crippen LogP contribution >= 0.6 is 0 Å². The van der Waals surface area contributed by atoms with E-state index in [-0.39, 0.29) is 10.3 Å². The lowest BCUT2D eigenvalue weighted by Crippen LogP contribution is -2.15. The summed E-state index contributed by atoms with van der Waals surface area (Å²) < 4.78 is 27.7. The van der Waals surface area contributed by atoms with Gasteiger partial charge in [0.15, 0.2) is 0 Å². The van der Waals surface area contributed by atoms with E-state index in [0.29, 0.717) is 5.69 Å². The van der Waals surface area contributed by atoms with E-state index >= 15 is 0 Å². The molecule has 4 nitrogen and oxygen atoms in total. The van der Waals surface area contributed by atoms with Crippen molar-refractivity contribution < 1.29 is 8.42 Å². The highest BCUT2D eigenvalue weighted by atomic mass is 32.2. The average molecular weight is 361 g/mol. The maximum Gasteiger partial charge on any atom is 0.261 e. The molecule has 0 spiro atoms. The first-order valence-electron chi connectivity index (χ1n) is 8.69. The number of anilines is 2. The van der Waals surface area contributed by atoms with Crippen LogP contribution in [-0.4, -0.2) is 15.0 Å². The molecule has 0 radical (unpaired) electrons. The lowest BCUT2D eigenvalue weighted by molar-refractivity contribution is 0.587. The van der Waals surface area contributed by atoms with Crippen LogP contribution in [0.3, 0.4) is 0 Å². The highest BCUT2D eigenvalue weighted by Gasteiger charge is 2.17. The molecule has 0 amide bonds. The first-order valence-corrected chi connectivity index (χ1v) is 10.2. The molecule has 0 saturated carbocycles. The van der Waals surface area contributed by atoms with Gasteiger partial charge < -0.3 is 5.32 Å². The lowest BCUT2D eigenvalue weighted by atomic mass is 9.87. The Kier molecular flexibility index (Phi) is 6.11. The second-order valence-electron chi connectivity index (χ2n) is 7.24. The number of sulfonamides is 1. The third kappa shape index (κ3) is 5.49. The zero-order valence-corrected chi connectivity index (χ0v) is 16.3. The molecular formula is C20H28N2O2S. The van der Waals surface area contributed by atoms with Crippen LogP contribution in [0.5, 0.6) is 0 Å².